The van der Waals surface area contributed by atoms with Crippen molar-refractivity contribution >= 4 is 5.97 Å². The van der Waals surface area contributed by atoms with Gasteiger partial charge in [0.1, 0.15) is 0 Å². The Hall–Kier alpha value is -2.17. The van der Waals surface area contributed by atoms with Crippen molar-refractivity contribution in [2.24, 2.45) is 0 Å². The predicted octanol–water partition coefficient (Wildman–Crippen LogP) is 1.02. The van der Waals surface area contributed by atoms with Crippen molar-refractivity contribution < 1.29 is 9.53 Å². The van der Waals surface area contributed by atoms with E-state index in [1.54, 1.807) is 30.6 Å². The quantitative estimate of drug-likeness (QED) is 0.716. The van der Waals surface area contributed by atoms with Crippen LogP contribution >= 0.6 is 0 Å². The molecule has 0 aromatic carbocycles. The minimum Gasteiger partial charge on any atom is -0.403 e. The zero-order valence-corrected chi connectivity index (χ0v) is 7.18. The minimum atomic E-state index is -0.523. The van der Waals surface area contributed by atoms with E-state index < -0.39 is 5.97 Å². The van der Waals surface area contributed by atoms with Crippen LogP contribution in [0.25, 0.3) is 0 Å². The molecule has 2 rings (SSSR count). The van der Waals surface area contributed by atoms with Crippen molar-refractivity contribution in [1.29, 1.82) is 0 Å². The van der Waals surface area contributed by atoms with Crippen LogP contribution in [-0.2, 0) is 0 Å². The third-order valence-corrected chi connectivity index (χ3v) is 1.54. The molecule has 5 nitrogen and oxygen atoms in total. The number of aromatic amines is 1. The molecule has 0 radical (unpaired) electrons. The van der Waals surface area contributed by atoms with Gasteiger partial charge in [-0.1, -0.05) is 6.07 Å². The van der Waals surface area contributed by atoms with Crippen LogP contribution in [0.4, 0.5) is 0 Å². The summed E-state index contributed by atoms with van der Waals surface area (Å²) in [6, 6.07) is 6.61. The Morgan fingerprint density at radius 2 is 2.29 bits per heavy atom. The van der Waals surface area contributed by atoms with Crippen LogP contribution in [0.5, 0.6) is 5.88 Å². The third-order valence-electron chi connectivity index (χ3n) is 1.54. The van der Waals surface area contributed by atoms with Gasteiger partial charge in [0.2, 0.25) is 5.88 Å². The maximum Gasteiger partial charge on any atom is 0.365 e. The molecule has 2 heterocycles. The molecular weight excluding hydrogens is 182 g/mol. The van der Waals surface area contributed by atoms with Crippen molar-refractivity contribution in [3.8, 4) is 5.88 Å². The topological polar surface area (TPSA) is 67.9 Å². The Morgan fingerprint density at radius 3 is 2.93 bits per heavy atom. The molecule has 0 atom stereocenters. The largest absolute Gasteiger partial charge is 0.403 e. The van der Waals surface area contributed by atoms with Crippen molar-refractivity contribution in [2.45, 2.75) is 0 Å². The van der Waals surface area contributed by atoms with Gasteiger partial charge in [0.25, 0.3) is 0 Å². The van der Waals surface area contributed by atoms with E-state index in [9.17, 15) is 4.79 Å². The SMILES string of the molecule is O=C(Oc1ccccn1)c1cc[nH]n1. The summed E-state index contributed by atoms with van der Waals surface area (Å²) in [5, 5.41) is 6.21. The second kappa shape index (κ2) is 3.69. The lowest BCUT2D eigenvalue weighted by atomic mass is 10.4. The van der Waals surface area contributed by atoms with Crippen LogP contribution in [0.1, 0.15) is 10.5 Å². The molecule has 0 spiro atoms. The highest BCUT2D eigenvalue weighted by Crippen LogP contribution is 2.05. The minimum absolute atomic E-state index is 0.232. The zero-order valence-electron chi connectivity index (χ0n) is 7.18. The van der Waals surface area contributed by atoms with E-state index in [-0.39, 0.29) is 11.6 Å². The third kappa shape index (κ3) is 1.77. The van der Waals surface area contributed by atoms with Gasteiger partial charge in [0, 0.05) is 18.5 Å². The van der Waals surface area contributed by atoms with Gasteiger partial charge in [-0.05, 0) is 12.1 Å². The Balaban J connectivity index is 2.10. The molecule has 0 saturated heterocycles. The lowest BCUT2D eigenvalue weighted by molar-refractivity contribution is 0.0721. The number of pyridine rings is 1. The monoisotopic (exact) mass is 189 g/mol. The van der Waals surface area contributed by atoms with E-state index in [4.69, 9.17) is 4.74 Å². The number of carbonyl (C=O) groups excluding carboxylic acids is 1. The van der Waals surface area contributed by atoms with Gasteiger partial charge in [-0.2, -0.15) is 5.10 Å². The fourth-order valence-electron chi connectivity index (χ4n) is 0.929. The van der Waals surface area contributed by atoms with E-state index >= 15 is 0 Å². The first kappa shape index (κ1) is 8.43. The van der Waals surface area contributed by atoms with Crippen LogP contribution in [0.15, 0.2) is 36.7 Å². The highest BCUT2D eigenvalue weighted by Gasteiger charge is 2.10. The second-order valence-electron chi connectivity index (χ2n) is 2.52. The molecule has 70 valence electrons. The first-order valence-electron chi connectivity index (χ1n) is 3.99. The summed E-state index contributed by atoms with van der Waals surface area (Å²) in [6.45, 7) is 0. The highest BCUT2D eigenvalue weighted by molar-refractivity contribution is 5.88. The molecule has 0 aliphatic carbocycles. The number of H-pyrrole nitrogens is 1. The molecule has 0 aliphatic rings. The van der Waals surface area contributed by atoms with Crippen LogP contribution in [0.3, 0.4) is 0 Å². The zero-order chi connectivity index (χ0) is 9.80. The highest BCUT2D eigenvalue weighted by atomic mass is 16.5. The molecule has 2 aromatic heterocycles. The smallest absolute Gasteiger partial charge is 0.365 e. The number of aromatic nitrogens is 3. The molecule has 0 fully saturated rings. The predicted molar refractivity (Wildman–Crippen MR) is 47.8 cm³/mol. The number of rotatable bonds is 2. The molecule has 14 heavy (non-hydrogen) atoms. The van der Waals surface area contributed by atoms with Crippen LogP contribution < -0.4 is 4.74 Å². The Kier molecular flexibility index (Phi) is 2.22. The number of carbonyl (C=O) groups is 1. The molecule has 2 aromatic rings. The van der Waals surface area contributed by atoms with Gasteiger partial charge in [-0.15, -0.1) is 0 Å². The number of ether oxygens (including phenoxy) is 1. The van der Waals surface area contributed by atoms with E-state index in [0.29, 0.717) is 0 Å². The lowest BCUT2D eigenvalue weighted by Crippen LogP contribution is -2.09. The average molecular weight is 189 g/mol. The van der Waals surface area contributed by atoms with Crippen molar-refractivity contribution in [3.05, 3.63) is 42.4 Å². The van der Waals surface area contributed by atoms with Crippen LogP contribution in [0, 0.1) is 0 Å². The normalized spacial score (nSPS) is 9.71. The van der Waals surface area contributed by atoms with Crippen LogP contribution in [-0.4, -0.2) is 21.2 Å². The van der Waals surface area contributed by atoms with E-state index in [1.807, 2.05) is 0 Å². The van der Waals surface area contributed by atoms with Gasteiger partial charge in [-0.25, -0.2) is 9.78 Å². The molecule has 1 N–H and O–H groups in total. The van der Waals surface area contributed by atoms with Gasteiger partial charge in [0.15, 0.2) is 5.69 Å². The number of nitrogens with one attached hydrogen (secondary N) is 1. The summed E-state index contributed by atoms with van der Waals surface area (Å²) >= 11 is 0. The molecule has 0 amide bonds. The van der Waals surface area contributed by atoms with Gasteiger partial charge >= 0.3 is 5.97 Å². The maximum absolute atomic E-state index is 11.3. The number of hydrogen-bond acceptors (Lipinski definition) is 4. The molecule has 0 unspecified atom stereocenters. The summed E-state index contributed by atoms with van der Waals surface area (Å²) in [7, 11) is 0. The van der Waals surface area contributed by atoms with Gasteiger partial charge in [-0.3, -0.25) is 5.10 Å². The Morgan fingerprint density at radius 1 is 1.36 bits per heavy atom. The number of nitrogens with zero attached hydrogens (tertiary/aromatic N) is 2. The summed E-state index contributed by atoms with van der Waals surface area (Å²) in [4.78, 5) is 15.2. The summed E-state index contributed by atoms with van der Waals surface area (Å²) < 4.78 is 4.93. The van der Waals surface area contributed by atoms with Crippen molar-refractivity contribution in [2.75, 3.05) is 0 Å². The summed E-state index contributed by atoms with van der Waals surface area (Å²) in [5.74, 6) is -0.259. The maximum atomic E-state index is 11.3. The molecule has 5 heteroatoms. The van der Waals surface area contributed by atoms with Gasteiger partial charge in [0.05, 0.1) is 0 Å². The lowest BCUT2D eigenvalue weighted by Gasteiger charge is -1.98. The number of esters is 1. The van der Waals surface area contributed by atoms with Crippen LogP contribution in [0.2, 0.25) is 0 Å². The van der Waals surface area contributed by atoms with E-state index in [1.165, 1.54) is 6.07 Å². The standard InChI is InChI=1S/C9H7N3O2/c13-9(7-4-6-11-12-7)14-8-3-1-2-5-10-8/h1-6H,(H,11,12). The molecule has 0 bridgehead atoms. The molecular formula is C9H7N3O2. The molecule has 0 saturated carbocycles. The average Bonchev–Trinajstić information content (AvgIpc) is 2.72. The first-order chi connectivity index (χ1) is 6.86. The Labute approximate surface area is 79.7 Å². The number of hydrogen-bond donors (Lipinski definition) is 1. The van der Waals surface area contributed by atoms with E-state index in [0.717, 1.165) is 0 Å². The van der Waals surface area contributed by atoms with Gasteiger partial charge < -0.3 is 4.74 Å². The second-order valence-corrected chi connectivity index (χ2v) is 2.52. The Bertz CT molecular complexity index is 411. The van der Waals surface area contributed by atoms with Crippen molar-refractivity contribution in [3.63, 3.8) is 0 Å². The summed E-state index contributed by atoms with van der Waals surface area (Å²) in [6.07, 6.45) is 3.10. The fourth-order valence-corrected chi connectivity index (χ4v) is 0.929. The molecule has 0 aliphatic heterocycles. The summed E-state index contributed by atoms with van der Waals surface area (Å²) in [5.41, 5.74) is 0.232. The fraction of sp³-hybridized carbons (Fsp3) is 0. The van der Waals surface area contributed by atoms with Crippen molar-refractivity contribution in [1.82, 2.24) is 15.2 Å². The first-order valence-corrected chi connectivity index (χ1v) is 3.99. The van der Waals surface area contributed by atoms with E-state index in [2.05, 4.69) is 15.2 Å².